The average Bonchev–Trinajstić information content (AvgIpc) is 3.59. The standard InChI is InChI=1S/C32H21FN4O/c33-25-14-13-20(18-7-1-2-8-19(18)25)26-16-35-30(36-26)37-29(38)31-15-27(31)32(17-34)23-11-5-3-9-21(23)28(31)22-10-4-6-12-24(22)32/h1-14,16,27-28H,15H2,(H2,35,36,37,38). The molecule has 4 aliphatic carbocycles. The number of nitrogens with one attached hydrogen (secondary N) is 2. The van der Waals surface area contributed by atoms with Crippen molar-refractivity contribution in [2.24, 2.45) is 11.3 Å². The molecular weight excluding hydrogens is 475 g/mol. The van der Waals surface area contributed by atoms with E-state index in [1.165, 1.54) is 6.07 Å². The van der Waals surface area contributed by atoms with Gasteiger partial charge in [0.25, 0.3) is 0 Å². The molecule has 0 spiro atoms. The van der Waals surface area contributed by atoms with Crippen molar-refractivity contribution >= 4 is 22.6 Å². The van der Waals surface area contributed by atoms with Gasteiger partial charge >= 0.3 is 0 Å². The summed E-state index contributed by atoms with van der Waals surface area (Å²) in [5, 5.41) is 15.0. The molecule has 1 saturated carbocycles. The Balaban J connectivity index is 1.19. The summed E-state index contributed by atoms with van der Waals surface area (Å²) >= 11 is 0. The van der Waals surface area contributed by atoms with Crippen LogP contribution in [0.15, 0.2) is 91.1 Å². The summed E-state index contributed by atoms with van der Waals surface area (Å²) in [6.07, 6.45) is 2.29. The van der Waals surface area contributed by atoms with Gasteiger partial charge in [0.2, 0.25) is 11.9 Å². The lowest BCUT2D eigenvalue weighted by atomic mass is 9.52. The highest BCUT2D eigenvalue weighted by Crippen LogP contribution is 2.78. The Hall–Kier alpha value is -4.76. The summed E-state index contributed by atoms with van der Waals surface area (Å²) in [4.78, 5) is 21.7. The Kier molecular flexibility index (Phi) is 4.03. The van der Waals surface area contributed by atoms with Crippen LogP contribution in [0.5, 0.6) is 0 Å². The maximum absolute atomic E-state index is 14.4. The molecule has 182 valence electrons. The first kappa shape index (κ1) is 21.3. The highest BCUT2D eigenvalue weighted by Gasteiger charge is 2.78. The quantitative estimate of drug-likeness (QED) is 0.308. The van der Waals surface area contributed by atoms with Gasteiger partial charge in [-0.15, -0.1) is 0 Å². The number of carbonyl (C=O) groups is 1. The zero-order chi connectivity index (χ0) is 25.6. The molecule has 9 rings (SSSR count). The maximum atomic E-state index is 14.4. The number of aromatic amines is 1. The Labute approximate surface area is 218 Å². The van der Waals surface area contributed by atoms with Crippen LogP contribution >= 0.6 is 0 Å². The molecule has 2 unspecified atom stereocenters. The third kappa shape index (κ3) is 2.44. The smallest absolute Gasteiger partial charge is 0.234 e. The van der Waals surface area contributed by atoms with Gasteiger partial charge in [0.15, 0.2) is 0 Å². The van der Waals surface area contributed by atoms with Crippen LogP contribution in [0.3, 0.4) is 0 Å². The first-order valence-electron chi connectivity index (χ1n) is 12.7. The van der Waals surface area contributed by atoms with Crippen molar-refractivity contribution in [1.29, 1.82) is 5.26 Å². The highest BCUT2D eigenvalue weighted by molar-refractivity contribution is 6.01. The molecule has 1 aromatic heterocycles. The summed E-state index contributed by atoms with van der Waals surface area (Å²) in [7, 11) is 0. The van der Waals surface area contributed by atoms with Crippen LogP contribution in [0.25, 0.3) is 22.0 Å². The van der Waals surface area contributed by atoms with Crippen LogP contribution in [0.2, 0.25) is 0 Å². The van der Waals surface area contributed by atoms with Crippen LogP contribution in [0.4, 0.5) is 10.3 Å². The number of nitriles is 1. The summed E-state index contributed by atoms with van der Waals surface area (Å²) in [5.41, 5.74) is 4.12. The lowest BCUT2D eigenvalue weighted by molar-refractivity contribution is -0.122. The number of rotatable bonds is 3. The number of carbonyl (C=O) groups excluding carboxylic acids is 1. The van der Waals surface area contributed by atoms with Gasteiger partial charge in [0, 0.05) is 22.8 Å². The average molecular weight is 497 g/mol. The second kappa shape index (κ2) is 7.17. The second-order valence-electron chi connectivity index (χ2n) is 10.6. The van der Waals surface area contributed by atoms with E-state index in [0.29, 0.717) is 23.4 Å². The number of hydrogen-bond donors (Lipinski definition) is 2. The van der Waals surface area contributed by atoms with Gasteiger partial charge in [-0.05, 0) is 46.2 Å². The SMILES string of the molecule is N#CC12c3ccccc3C(c3ccccc31)C1(C(=O)Nc3ncc(-c4ccc(F)c5ccccc45)[nH]3)CC21. The molecule has 38 heavy (non-hydrogen) atoms. The summed E-state index contributed by atoms with van der Waals surface area (Å²) in [5.74, 6) is -0.292. The summed E-state index contributed by atoms with van der Waals surface area (Å²) in [6, 6.07) is 29.3. The number of benzene rings is 4. The topological polar surface area (TPSA) is 81.6 Å². The van der Waals surface area contributed by atoms with Crippen molar-refractivity contribution in [1.82, 2.24) is 9.97 Å². The number of nitrogens with zero attached hydrogens (tertiary/aromatic N) is 2. The minimum atomic E-state index is -0.847. The molecule has 1 amide bonds. The number of anilines is 1. The molecule has 0 aliphatic heterocycles. The van der Waals surface area contributed by atoms with E-state index in [-0.39, 0.29) is 23.6 Å². The van der Waals surface area contributed by atoms with Crippen LogP contribution in [-0.4, -0.2) is 15.9 Å². The summed E-state index contributed by atoms with van der Waals surface area (Å²) < 4.78 is 14.4. The fraction of sp³-hybridized carbons (Fsp3) is 0.156. The molecule has 1 fully saturated rings. The lowest BCUT2D eigenvalue weighted by Crippen LogP contribution is -2.49. The lowest BCUT2D eigenvalue weighted by Gasteiger charge is -2.48. The highest BCUT2D eigenvalue weighted by atomic mass is 19.1. The number of hydrogen-bond acceptors (Lipinski definition) is 3. The monoisotopic (exact) mass is 496 g/mol. The van der Waals surface area contributed by atoms with Crippen molar-refractivity contribution in [3.05, 3.63) is 119 Å². The van der Waals surface area contributed by atoms with Crippen molar-refractivity contribution in [2.75, 3.05) is 5.32 Å². The number of fused-ring (bicyclic) bond motifs is 1. The van der Waals surface area contributed by atoms with Gasteiger partial charge in [-0.2, -0.15) is 5.26 Å². The molecule has 2 N–H and O–H groups in total. The zero-order valence-corrected chi connectivity index (χ0v) is 20.2. The van der Waals surface area contributed by atoms with E-state index in [1.807, 2.05) is 48.5 Å². The number of aromatic nitrogens is 2. The molecule has 6 heteroatoms. The van der Waals surface area contributed by atoms with Gasteiger partial charge in [-0.25, -0.2) is 9.37 Å². The fourth-order valence-corrected chi connectivity index (χ4v) is 7.42. The van der Waals surface area contributed by atoms with E-state index in [9.17, 15) is 14.4 Å². The van der Waals surface area contributed by atoms with E-state index >= 15 is 0 Å². The third-order valence-corrected chi connectivity index (χ3v) is 9.00. The van der Waals surface area contributed by atoms with Gasteiger partial charge in [-0.1, -0.05) is 72.8 Å². The Morgan fingerprint density at radius 1 is 0.947 bits per heavy atom. The molecule has 0 saturated heterocycles. The van der Waals surface area contributed by atoms with Crippen molar-refractivity contribution in [2.45, 2.75) is 17.8 Å². The van der Waals surface area contributed by atoms with E-state index in [0.717, 1.165) is 33.2 Å². The first-order chi connectivity index (χ1) is 18.6. The van der Waals surface area contributed by atoms with Gasteiger partial charge in [0.05, 0.1) is 23.4 Å². The van der Waals surface area contributed by atoms with Crippen LogP contribution in [0.1, 0.15) is 34.6 Å². The summed E-state index contributed by atoms with van der Waals surface area (Å²) in [6.45, 7) is 0. The molecule has 0 radical (unpaired) electrons. The molecule has 4 aromatic carbocycles. The molecule has 2 bridgehead atoms. The van der Waals surface area contributed by atoms with Crippen molar-refractivity contribution < 1.29 is 9.18 Å². The Morgan fingerprint density at radius 3 is 2.32 bits per heavy atom. The van der Waals surface area contributed by atoms with Crippen molar-refractivity contribution in [3.63, 3.8) is 0 Å². The normalized spacial score (nSPS) is 25.7. The molecule has 2 atom stereocenters. The van der Waals surface area contributed by atoms with Crippen LogP contribution < -0.4 is 5.32 Å². The predicted octanol–water partition coefficient (Wildman–Crippen LogP) is 6.28. The maximum Gasteiger partial charge on any atom is 0.234 e. The molecule has 5 nitrogen and oxygen atoms in total. The van der Waals surface area contributed by atoms with Gasteiger partial charge in [-0.3, -0.25) is 10.1 Å². The van der Waals surface area contributed by atoms with Crippen LogP contribution in [-0.2, 0) is 10.2 Å². The third-order valence-electron chi connectivity index (χ3n) is 9.00. The Morgan fingerprint density at radius 2 is 1.61 bits per heavy atom. The van der Waals surface area contributed by atoms with E-state index < -0.39 is 10.8 Å². The van der Waals surface area contributed by atoms with E-state index in [4.69, 9.17) is 0 Å². The molecular formula is C32H21FN4O. The largest absolute Gasteiger partial charge is 0.324 e. The van der Waals surface area contributed by atoms with Crippen LogP contribution in [0, 0.1) is 28.5 Å². The second-order valence-corrected chi connectivity index (χ2v) is 10.6. The minimum Gasteiger partial charge on any atom is -0.324 e. The van der Waals surface area contributed by atoms with E-state index in [2.05, 4.69) is 33.5 Å². The molecule has 1 heterocycles. The zero-order valence-electron chi connectivity index (χ0n) is 20.2. The van der Waals surface area contributed by atoms with E-state index in [1.54, 1.807) is 24.4 Å². The minimum absolute atomic E-state index is 0.106. The number of halogens is 1. The molecule has 5 aromatic rings. The fourth-order valence-electron chi connectivity index (χ4n) is 7.42. The molecule has 4 aliphatic rings. The van der Waals surface area contributed by atoms with Crippen molar-refractivity contribution in [3.8, 4) is 17.3 Å². The number of amides is 1. The number of imidazole rings is 1. The predicted molar refractivity (Wildman–Crippen MR) is 142 cm³/mol. The first-order valence-corrected chi connectivity index (χ1v) is 12.7. The Bertz CT molecular complexity index is 1820. The number of H-pyrrole nitrogens is 1. The van der Waals surface area contributed by atoms with Gasteiger partial charge in [0.1, 0.15) is 11.2 Å². The van der Waals surface area contributed by atoms with Gasteiger partial charge < -0.3 is 4.98 Å².